The van der Waals surface area contributed by atoms with Gasteiger partial charge < -0.3 is 9.80 Å². The second-order valence-corrected chi connectivity index (χ2v) is 3.76. The number of anilines is 1. The standard InChI is InChI=1S/C11H17N3O/c1-13(2)7-8-14(3)11-10(9-15)5-4-6-12-11/h4-6,9H,7-8H2,1-3H3. The minimum atomic E-state index is 0.638. The molecular formula is C11H17N3O. The Kier molecular flexibility index (Phi) is 4.24. The van der Waals surface area contributed by atoms with E-state index in [2.05, 4.69) is 9.88 Å². The smallest absolute Gasteiger partial charge is 0.153 e. The quantitative estimate of drug-likeness (QED) is 0.672. The predicted octanol–water partition coefficient (Wildman–Crippen LogP) is 0.892. The Morgan fingerprint density at radius 3 is 2.67 bits per heavy atom. The van der Waals surface area contributed by atoms with E-state index in [-0.39, 0.29) is 0 Å². The van der Waals surface area contributed by atoms with Crippen LogP contribution in [0.25, 0.3) is 0 Å². The molecule has 4 nitrogen and oxygen atoms in total. The van der Waals surface area contributed by atoms with Gasteiger partial charge >= 0.3 is 0 Å². The zero-order chi connectivity index (χ0) is 11.3. The molecule has 0 fully saturated rings. The van der Waals surface area contributed by atoms with Gasteiger partial charge in [-0.15, -0.1) is 0 Å². The first-order valence-corrected chi connectivity index (χ1v) is 4.91. The highest BCUT2D eigenvalue weighted by Crippen LogP contribution is 2.12. The van der Waals surface area contributed by atoms with Gasteiger partial charge in [0.15, 0.2) is 6.29 Å². The van der Waals surface area contributed by atoms with Crippen molar-refractivity contribution in [2.75, 3.05) is 39.1 Å². The molecule has 0 aliphatic heterocycles. The highest BCUT2D eigenvalue weighted by atomic mass is 16.1. The first-order valence-electron chi connectivity index (χ1n) is 4.91. The topological polar surface area (TPSA) is 36.4 Å². The number of hydrogen-bond acceptors (Lipinski definition) is 4. The molecule has 0 amide bonds. The lowest BCUT2D eigenvalue weighted by Crippen LogP contribution is -2.29. The van der Waals surface area contributed by atoms with E-state index in [0.717, 1.165) is 25.2 Å². The summed E-state index contributed by atoms with van der Waals surface area (Å²) in [5.74, 6) is 0.745. The summed E-state index contributed by atoms with van der Waals surface area (Å²) in [5, 5.41) is 0. The molecule has 0 saturated heterocycles. The van der Waals surface area contributed by atoms with E-state index in [9.17, 15) is 4.79 Å². The first-order chi connectivity index (χ1) is 7.15. The third-order valence-electron chi connectivity index (χ3n) is 2.19. The van der Waals surface area contributed by atoms with Crippen LogP contribution in [-0.2, 0) is 0 Å². The fraction of sp³-hybridized carbons (Fsp3) is 0.455. The van der Waals surface area contributed by atoms with E-state index >= 15 is 0 Å². The van der Waals surface area contributed by atoms with Crippen LogP contribution in [-0.4, -0.2) is 50.4 Å². The lowest BCUT2D eigenvalue weighted by atomic mass is 10.2. The number of rotatable bonds is 5. The first kappa shape index (κ1) is 11.7. The summed E-state index contributed by atoms with van der Waals surface area (Å²) < 4.78 is 0. The van der Waals surface area contributed by atoms with Gasteiger partial charge in [0.05, 0.1) is 5.56 Å². The van der Waals surface area contributed by atoms with Crippen molar-refractivity contribution >= 4 is 12.1 Å². The molecule has 0 aliphatic carbocycles. The van der Waals surface area contributed by atoms with E-state index in [1.54, 1.807) is 18.3 Å². The van der Waals surface area contributed by atoms with E-state index < -0.39 is 0 Å². The molecule has 82 valence electrons. The Balaban J connectivity index is 2.72. The van der Waals surface area contributed by atoms with Crippen LogP contribution in [0.4, 0.5) is 5.82 Å². The minimum absolute atomic E-state index is 0.638. The Morgan fingerprint density at radius 2 is 2.07 bits per heavy atom. The second-order valence-electron chi connectivity index (χ2n) is 3.76. The van der Waals surface area contributed by atoms with Crippen molar-refractivity contribution < 1.29 is 4.79 Å². The maximum absolute atomic E-state index is 10.8. The summed E-state index contributed by atoms with van der Waals surface area (Å²) in [5.41, 5.74) is 0.638. The molecule has 0 N–H and O–H groups in total. The van der Waals surface area contributed by atoms with Gasteiger partial charge in [-0.3, -0.25) is 4.79 Å². The third-order valence-corrected chi connectivity index (χ3v) is 2.19. The number of aromatic nitrogens is 1. The van der Waals surface area contributed by atoms with E-state index in [4.69, 9.17) is 0 Å². The Labute approximate surface area is 90.5 Å². The van der Waals surface area contributed by atoms with Crippen molar-refractivity contribution in [2.24, 2.45) is 0 Å². The van der Waals surface area contributed by atoms with Gasteiger partial charge in [0.25, 0.3) is 0 Å². The largest absolute Gasteiger partial charge is 0.358 e. The molecule has 0 unspecified atom stereocenters. The fourth-order valence-corrected chi connectivity index (χ4v) is 1.28. The predicted molar refractivity (Wildman–Crippen MR) is 61.4 cm³/mol. The van der Waals surface area contributed by atoms with Crippen molar-refractivity contribution in [2.45, 2.75) is 0 Å². The number of pyridine rings is 1. The van der Waals surface area contributed by atoms with Gasteiger partial charge in [-0.1, -0.05) is 0 Å². The van der Waals surface area contributed by atoms with Gasteiger partial charge in [-0.25, -0.2) is 4.98 Å². The Bertz CT molecular complexity index is 325. The summed E-state index contributed by atoms with van der Waals surface area (Å²) in [4.78, 5) is 19.1. The SMILES string of the molecule is CN(C)CCN(C)c1ncccc1C=O. The zero-order valence-electron chi connectivity index (χ0n) is 9.47. The normalized spacial score (nSPS) is 10.4. The van der Waals surface area contributed by atoms with E-state index in [1.807, 2.05) is 26.0 Å². The lowest BCUT2D eigenvalue weighted by molar-refractivity contribution is 0.112. The van der Waals surface area contributed by atoms with E-state index in [0.29, 0.717) is 5.56 Å². The minimum Gasteiger partial charge on any atom is -0.358 e. The van der Waals surface area contributed by atoms with Gasteiger partial charge in [-0.05, 0) is 26.2 Å². The molecule has 1 aromatic heterocycles. The number of carbonyl (C=O) groups excluding carboxylic acids is 1. The summed E-state index contributed by atoms with van der Waals surface area (Å²) >= 11 is 0. The highest BCUT2D eigenvalue weighted by Gasteiger charge is 2.07. The third kappa shape index (κ3) is 3.32. The number of carbonyl (C=O) groups is 1. The zero-order valence-corrected chi connectivity index (χ0v) is 9.47. The average Bonchev–Trinajstić information content (AvgIpc) is 2.25. The van der Waals surface area contributed by atoms with Gasteiger partial charge in [-0.2, -0.15) is 0 Å². The van der Waals surface area contributed by atoms with Gasteiger partial charge in [0.2, 0.25) is 0 Å². The number of nitrogens with zero attached hydrogens (tertiary/aromatic N) is 3. The Hall–Kier alpha value is -1.42. The van der Waals surface area contributed by atoms with Crippen molar-refractivity contribution in [3.8, 4) is 0 Å². The van der Waals surface area contributed by atoms with Crippen LogP contribution in [0.2, 0.25) is 0 Å². The lowest BCUT2D eigenvalue weighted by Gasteiger charge is -2.21. The van der Waals surface area contributed by atoms with Crippen molar-refractivity contribution in [3.63, 3.8) is 0 Å². The molecule has 1 rings (SSSR count). The molecule has 15 heavy (non-hydrogen) atoms. The van der Waals surface area contributed by atoms with Crippen LogP contribution in [0, 0.1) is 0 Å². The molecule has 0 radical (unpaired) electrons. The molecule has 0 atom stereocenters. The molecule has 1 aromatic rings. The van der Waals surface area contributed by atoms with E-state index in [1.165, 1.54) is 0 Å². The van der Waals surface area contributed by atoms with Crippen LogP contribution in [0.1, 0.15) is 10.4 Å². The van der Waals surface area contributed by atoms with Crippen LogP contribution in [0.5, 0.6) is 0 Å². The molecule has 0 bridgehead atoms. The summed E-state index contributed by atoms with van der Waals surface area (Å²) in [7, 11) is 5.98. The molecular weight excluding hydrogens is 190 g/mol. The van der Waals surface area contributed by atoms with Crippen LogP contribution in [0.15, 0.2) is 18.3 Å². The molecule has 0 saturated carbocycles. The van der Waals surface area contributed by atoms with Crippen molar-refractivity contribution in [1.29, 1.82) is 0 Å². The summed E-state index contributed by atoms with van der Waals surface area (Å²) in [6, 6.07) is 3.55. The average molecular weight is 207 g/mol. The highest BCUT2D eigenvalue weighted by molar-refractivity contribution is 5.82. The molecule has 1 heterocycles. The van der Waals surface area contributed by atoms with Crippen LogP contribution >= 0.6 is 0 Å². The molecule has 0 aliphatic rings. The maximum Gasteiger partial charge on any atom is 0.153 e. The molecule has 4 heteroatoms. The number of likely N-dealkylation sites (N-methyl/N-ethyl adjacent to an activating group) is 2. The summed E-state index contributed by atoms with van der Waals surface area (Å²) in [6.07, 6.45) is 2.54. The summed E-state index contributed by atoms with van der Waals surface area (Å²) in [6.45, 7) is 1.79. The Morgan fingerprint density at radius 1 is 1.33 bits per heavy atom. The maximum atomic E-state index is 10.8. The van der Waals surface area contributed by atoms with Crippen molar-refractivity contribution in [1.82, 2.24) is 9.88 Å². The second kappa shape index (κ2) is 5.46. The monoisotopic (exact) mass is 207 g/mol. The molecule has 0 aromatic carbocycles. The van der Waals surface area contributed by atoms with Crippen LogP contribution < -0.4 is 4.90 Å². The van der Waals surface area contributed by atoms with Gasteiger partial charge in [0, 0.05) is 26.3 Å². The van der Waals surface area contributed by atoms with Gasteiger partial charge in [0.1, 0.15) is 5.82 Å². The number of aldehydes is 1. The van der Waals surface area contributed by atoms with Crippen molar-refractivity contribution in [3.05, 3.63) is 23.9 Å². The van der Waals surface area contributed by atoms with Crippen LogP contribution in [0.3, 0.4) is 0 Å². The molecule has 0 spiro atoms. The number of hydrogen-bond donors (Lipinski definition) is 0. The fourth-order valence-electron chi connectivity index (χ4n) is 1.28.